The van der Waals surface area contributed by atoms with Gasteiger partial charge in [0.2, 0.25) is 0 Å². The molecule has 1 heterocycles. The van der Waals surface area contributed by atoms with E-state index in [1.807, 2.05) is 48.5 Å². The van der Waals surface area contributed by atoms with Crippen LogP contribution in [0.5, 0.6) is 0 Å². The second kappa shape index (κ2) is 7.63. The number of amidine groups is 1. The van der Waals surface area contributed by atoms with Crippen LogP contribution in [0.4, 0.5) is 5.69 Å². The lowest BCUT2D eigenvalue weighted by atomic mass is 10.0. The van der Waals surface area contributed by atoms with Crippen LogP contribution in [0.2, 0.25) is 15.1 Å². The fourth-order valence-corrected chi connectivity index (χ4v) is 3.12. The van der Waals surface area contributed by atoms with Crippen LogP contribution >= 0.6 is 47.2 Å². The van der Waals surface area contributed by atoms with Gasteiger partial charge in [0, 0.05) is 23.5 Å². The second-order valence-corrected chi connectivity index (χ2v) is 6.29. The fourth-order valence-electron chi connectivity index (χ4n) is 2.50. The highest BCUT2D eigenvalue weighted by atomic mass is 35.5. The third kappa shape index (κ3) is 3.86. The number of halogens is 4. The molecular formula is C16H15Cl4N3. The third-order valence-electron chi connectivity index (χ3n) is 3.61. The predicted molar refractivity (Wildman–Crippen MR) is 101 cm³/mol. The zero-order chi connectivity index (χ0) is 15.7. The maximum absolute atomic E-state index is 6.34. The largest absolute Gasteiger partial charge is 0.375 e. The molecule has 3 rings (SSSR count). The van der Waals surface area contributed by atoms with E-state index in [0.29, 0.717) is 15.1 Å². The number of benzene rings is 2. The highest BCUT2D eigenvalue weighted by molar-refractivity contribution is 6.36. The van der Waals surface area contributed by atoms with E-state index in [-0.39, 0.29) is 18.4 Å². The lowest BCUT2D eigenvalue weighted by Gasteiger charge is -2.24. The van der Waals surface area contributed by atoms with Gasteiger partial charge in [-0.25, -0.2) is 0 Å². The fraction of sp³-hybridized carbons (Fsp3) is 0.188. The molecule has 0 unspecified atom stereocenters. The van der Waals surface area contributed by atoms with Gasteiger partial charge in [-0.1, -0.05) is 46.9 Å². The monoisotopic (exact) mass is 389 g/mol. The summed E-state index contributed by atoms with van der Waals surface area (Å²) in [6.07, 6.45) is 0.775. The molecule has 0 spiro atoms. The van der Waals surface area contributed by atoms with Crippen molar-refractivity contribution >= 4 is 58.7 Å². The number of rotatable bonds is 2. The molecule has 7 heteroatoms. The summed E-state index contributed by atoms with van der Waals surface area (Å²) in [4.78, 5) is 0. The van der Waals surface area contributed by atoms with E-state index >= 15 is 0 Å². The maximum atomic E-state index is 6.34. The van der Waals surface area contributed by atoms with Gasteiger partial charge in [-0.3, -0.25) is 5.01 Å². The van der Waals surface area contributed by atoms with E-state index in [1.165, 1.54) is 0 Å². The first-order valence-electron chi connectivity index (χ1n) is 6.83. The van der Waals surface area contributed by atoms with Crippen molar-refractivity contribution in [3.8, 4) is 0 Å². The lowest BCUT2D eigenvalue weighted by Crippen LogP contribution is -2.19. The molecule has 0 aliphatic carbocycles. The van der Waals surface area contributed by atoms with E-state index < -0.39 is 0 Å². The SMILES string of the molecule is CNC1=NN(c2ccc(Cl)cc2Cl)[C@H](c2ccc(Cl)cc2)C1.Cl. The minimum atomic E-state index is 0. The van der Waals surface area contributed by atoms with Crippen LogP contribution in [0, 0.1) is 0 Å². The summed E-state index contributed by atoms with van der Waals surface area (Å²) in [5.41, 5.74) is 1.96. The highest BCUT2D eigenvalue weighted by Gasteiger charge is 2.30. The smallest absolute Gasteiger partial charge is 0.125 e. The number of nitrogens with one attached hydrogen (secondary N) is 1. The molecule has 0 saturated heterocycles. The Morgan fingerprint density at radius 2 is 1.70 bits per heavy atom. The van der Waals surface area contributed by atoms with E-state index in [1.54, 1.807) is 6.07 Å². The van der Waals surface area contributed by atoms with E-state index in [0.717, 1.165) is 23.5 Å². The van der Waals surface area contributed by atoms with Crippen molar-refractivity contribution in [1.29, 1.82) is 0 Å². The van der Waals surface area contributed by atoms with Crippen LogP contribution in [0.15, 0.2) is 47.6 Å². The molecule has 1 N–H and O–H groups in total. The van der Waals surface area contributed by atoms with Crippen LogP contribution < -0.4 is 10.3 Å². The van der Waals surface area contributed by atoms with Crippen LogP contribution in [0.25, 0.3) is 0 Å². The van der Waals surface area contributed by atoms with Gasteiger partial charge in [0.05, 0.1) is 16.8 Å². The van der Waals surface area contributed by atoms with Gasteiger partial charge in [0.1, 0.15) is 5.84 Å². The Hall–Kier alpha value is -1.13. The summed E-state index contributed by atoms with van der Waals surface area (Å²) in [6, 6.07) is 13.3. The van der Waals surface area contributed by atoms with Crippen LogP contribution in [-0.2, 0) is 0 Å². The zero-order valence-corrected chi connectivity index (χ0v) is 15.3. The summed E-state index contributed by atoms with van der Waals surface area (Å²) in [7, 11) is 1.87. The summed E-state index contributed by atoms with van der Waals surface area (Å²) >= 11 is 18.3. The highest BCUT2D eigenvalue weighted by Crippen LogP contribution is 2.39. The second-order valence-electron chi connectivity index (χ2n) is 5.01. The average Bonchev–Trinajstić information content (AvgIpc) is 2.92. The van der Waals surface area contributed by atoms with Crippen LogP contribution in [0.3, 0.4) is 0 Å². The number of nitrogens with zero attached hydrogens (tertiary/aromatic N) is 2. The molecule has 3 nitrogen and oxygen atoms in total. The quantitative estimate of drug-likeness (QED) is 0.727. The van der Waals surface area contributed by atoms with E-state index in [9.17, 15) is 0 Å². The van der Waals surface area contributed by atoms with Gasteiger partial charge in [0.25, 0.3) is 0 Å². The van der Waals surface area contributed by atoms with Gasteiger partial charge in [0.15, 0.2) is 0 Å². The Bertz CT molecular complexity index is 716. The van der Waals surface area contributed by atoms with Gasteiger partial charge in [-0.05, 0) is 35.9 Å². The first-order chi connectivity index (χ1) is 10.6. The number of anilines is 1. The lowest BCUT2D eigenvalue weighted by molar-refractivity contribution is 0.707. The van der Waals surface area contributed by atoms with Gasteiger partial charge < -0.3 is 5.32 Å². The van der Waals surface area contributed by atoms with Crippen molar-refractivity contribution in [3.63, 3.8) is 0 Å². The summed E-state index contributed by atoms with van der Waals surface area (Å²) < 4.78 is 0. The zero-order valence-electron chi connectivity index (χ0n) is 12.3. The summed E-state index contributed by atoms with van der Waals surface area (Å²) in [5, 5.41) is 11.6. The van der Waals surface area contributed by atoms with Crippen molar-refractivity contribution in [2.24, 2.45) is 5.10 Å². The number of hydrogen-bond acceptors (Lipinski definition) is 3. The Balaban J connectivity index is 0.00000192. The van der Waals surface area contributed by atoms with Crippen molar-refractivity contribution < 1.29 is 0 Å². The van der Waals surface area contributed by atoms with Crippen molar-refractivity contribution in [2.45, 2.75) is 12.5 Å². The molecule has 122 valence electrons. The molecule has 0 amide bonds. The molecule has 1 atom stereocenters. The molecule has 0 radical (unpaired) electrons. The molecule has 2 aromatic rings. The topological polar surface area (TPSA) is 27.6 Å². The number of hydrazone groups is 1. The van der Waals surface area contributed by atoms with Crippen molar-refractivity contribution in [1.82, 2.24) is 5.32 Å². The first-order valence-corrected chi connectivity index (χ1v) is 7.97. The predicted octanol–water partition coefficient (Wildman–Crippen LogP) is 5.55. The molecule has 1 aliphatic heterocycles. The molecule has 23 heavy (non-hydrogen) atoms. The van der Waals surface area contributed by atoms with Gasteiger partial charge in [-0.15, -0.1) is 12.4 Å². The van der Waals surface area contributed by atoms with Crippen LogP contribution in [-0.4, -0.2) is 12.9 Å². The van der Waals surface area contributed by atoms with Crippen LogP contribution in [0.1, 0.15) is 18.0 Å². The number of hydrogen-bond donors (Lipinski definition) is 1. The third-order valence-corrected chi connectivity index (χ3v) is 4.40. The van der Waals surface area contributed by atoms with E-state index in [4.69, 9.17) is 34.8 Å². The summed E-state index contributed by atoms with van der Waals surface area (Å²) in [5.74, 6) is 0.908. The Morgan fingerprint density at radius 3 is 2.30 bits per heavy atom. The molecular weight excluding hydrogens is 376 g/mol. The molecule has 0 bridgehead atoms. The minimum Gasteiger partial charge on any atom is -0.375 e. The van der Waals surface area contributed by atoms with E-state index in [2.05, 4.69) is 10.4 Å². The molecule has 0 saturated carbocycles. The minimum absolute atomic E-state index is 0. The van der Waals surface area contributed by atoms with Gasteiger partial charge >= 0.3 is 0 Å². The molecule has 2 aromatic carbocycles. The Morgan fingerprint density at radius 1 is 1.04 bits per heavy atom. The molecule has 0 fully saturated rings. The Labute approximate surface area is 156 Å². The molecule has 0 aromatic heterocycles. The molecule has 1 aliphatic rings. The van der Waals surface area contributed by atoms with Crippen molar-refractivity contribution in [3.05, 3.63) is 63.1 Å². The Kier molecular flexibility index (Phi) is 6.04. The normalized spacial score (nSPS) is 16.8. The maximum Gasteiger partial charge on any atom is 0.125 e. The first kappa shape index (κ1) is 18.2. The summed E-state index contributed by atoms with van der Waals surface area (Å²) in [6.45, 7) is 0. The standard InChI is InChI=1S/C16H14Cl3N3.ClH/c1-20-16-9-15(10-2-4-11(17)5-3-10)22(21-16)14-7-6-12(18)8-13(14)19;/h2-8,15H,9H2,1H3,(H,20,21);1H/t15-;/m0./s1. The van der Waals surface area contributed by atoms with Gasteiger partial charge in [-0.2, -0.15) is 5.10 Å². The average molecular weight is 391 g/mol. The van der Waals surface area contributed by atoms with Crippen molar-refractivity contribution in [2.75, 3.05) is 12.1 Å².